The van der Waals surface area contributed by atoms with E-state index in [1.54, 1.807) is 0 Å². The van der Waals surface area contributed by atoms with E-state index in [1.807, 2.05) is 11.3 Å². The van der Waals surface area contributed by atoms with Crippen molar-refractivity contribution in [2.24, 2.45) is 0 Å². The number of aryl methyl sites for hydroxylation is 1. The quantitative estimate of drug-likeness (QED) is 0.253. The van der Waals surface area contributed by atoms with Crippen LogP contribution in [0.25, 0.3) is 58.8 Å². The van der Waals surface area contributed by atoms with Gasteiger partial charge < -0.3 is 4.57 Å². The number of benzene rings is 5. The first-order valence-electron chi connectivity index (χ1n) is 11.3. The van der Waals surface area contributed by atoms with Crippen molar-refractivity contribution >= 4 is 53.3 Å². The van der Waals surface area contributed by atoms with Gasteiger partial charge in [0.25, 0.3) is 0 Å². The second kappa shape index (κ2) is 7.06. The molecule has 0 amide bonds. The van der Waals surface area contributed by atoms with E-state index in [0.717, 1.165) is 0 Å². The predicted octanol–water partition coefficient (Wildman–Crippen LogP) is 9.13. The molecule has 7 rings (SSSR count). The van der Waals surface area contributed by atoms with Crippen LogP contribution in [0.1, 0.15) is 5.56 Å². The zero-order valence-electron chi connectivity index (χ0n) is 18.2. The second-order valence-electron chi connectivity index (χ2n) is 8.70. The van der Waals surface area contributed by atoms with Crippen LogP contribution in [0.5, 0.6) is 0 Å². The number of para-hydroxylation sites is 1. The third kappa shape index (κ3) is 2.78. The van der Waals surface area contributed by atoms with Gasteiger partial charge in [0.05, 0.1) is 11.0 Å². The van der Waals surface area contributed by atoms with Crippen molar-refractivity contribution in [3.63, 3.8) is 0 Å². The molecule has 0 N–H and O–H groups in total. The van der Waals surface area contributed by atoms with Crippen molar-refractivity contribution in [1.82, 2.24) is 4.57 Å². The lowest BCUT2D eigenvalue weighted by Gasteiger charge is -2.10. The first kappa shape index (κ1) is 18.7. The summed E-state index contributed by atoms with van der Waals surface area (Å²) in [4.78, 5) is 0. The van der Waals surface area contributed by atoms with Gasteiger partial charge in [-0.25, -0.2) is 0 Å². The highest BCUT2D eigenvalue weighted by molar-refractivity contribution is 7.26. The molecule has 0 aliphatic carbocycles. The number of aromatic nitrogens is 1. The lowest BCUT2D eigenvalue weighted by molar-refractivity contribution is 1.17. The second-order valence-corrected chi connectivity index (χ2v) is 9.76. The monoisotopic (exact) mass is 439 g/mol. The van der Waals surface area contributed by atoms with Crippen LogP contribution in [-0.2, 0) is 0 Å². The van der Waals surface area contributed by atoms with E-state index in [9.17, 15) is 0 Å². The van der Waals surface area contributed by atoms with Gasteiger partial charge in [-0.05, 0) is 53.9 Å². The van der Waals surface area contributed by atoms with Gasteiger partial charge >= 0.3 is 0 Å². The van der Waals surface area contributed by atoms with E-state index in [0.29, 0.717) is 0 Å². The molecule has 0 saturated heterocycles. The number of hydrogen-bond acceptors (Lipinski definition) is 1. The third-order valence-electron chi connectivity index (χ3n) is 6.65. The molecule has 33 heavy (non-hydrogen) atoms. The Balaban J connectivity index is 1.56. The summed E-state index contributed by atoms with van der Waals surface area (Å²) in [6.07, 6.45) is 0. The minimum atomic E-state index is 1.21. The van der Waals surface area contributed by atoms with Gasteiger partial charge in [-0.2, -0.15) is 0 Å². The fourth-order valence-electron chi connectivity index (χ4n) is 5.16. The normalized spacial score (nSPS) is 11.8. The number of nitrogens with zero attached hydrogens (tertiary/aromatic N) is 1. The smallest absolute Gasteiger partial charge is 0.0547 e. The fraction of sp³-hybridized carbons (Fsp3) is 0.0323. The van der Waals surface area contributed by atoms with Crippen molar-refractivity contribution in [1.29, 1.82) is 0 Å². The maximum absolute atomic E-state index is 2.41. The molecule has 1 nitrogen and oxygen atoms in total. The predicted molar refractivity (Wildman–Crippen MR) is 144 cm³/mol. The minimum absolute atomic E-state index is 1.21. The Bertz CT molecular complexity index is 1830. The Hall–Kier alpha value is -3.88. The van der Waals surface area contributed by atoms with E-state index in [2.05, 4.69) is 121 Å². The Morgan fingerprint density at radius 3 is 2.24 bits per heavy atom. The molecular weight excluding hydrogens is 418 g/mol. The molecule has 0 atom stereocenters. The van der Waals surface area contributed by atoms with E-state index in [4.69, 9.17) is 0 Å². The van der Waals surface area contributed by atoms with Crippen LogP contribution in [0.4, 0.5) is 0 Å². The molecule has 0 unspecified atom stereocenters. The summed E-state index contributed by atoms with van der Waals surface area (Å²) in [5.41, 5.74) is 7.53. The van der Waals surface area contributed by atoms with Gasteiger partial charge in [0.2, 0.25) is 0 Å². The lowest BCUT2D eigenvalue weighted by Crippen LogP contribution is -1.94. The van der Waals surface area contributed by atoms with Crippen molar-refractivity contribution in [2.75, 3.05) is 0 Å². The highest BCUT2D eigenvalue weighted by Crippen LogP contribution is 2.41. The summed E-state index contributed by atoms with van der Waals surface area (Å²) >= 11 is 1.89. The van der Waals surface area contributed by atoms with Gasteiger partial charge in [-0.3, -0.25) is 0 Å². The third-order valence-corrected chi connectivity index (χ3v) is 7.87. The lowest BCUT2D eigenvalue weighted by atomic mass is 10.0. The average Bonchev–Trinajstić information content (AvgIpc) is 3.39. The number of thiophene rings is 1. The zero-order chi connectivity index (χ0) is 21.9. The van der Waals surface area contributed by atoms with Crippen molar-refractivity contribution in [2.45, 2.75) is 6.92 Å². The molecule has 2 aromatic heterocycles. The van der Waals surface area contributed by atoms with Gasteiger partial charge in [0.1, 0.15) is 0 Å². The molecular formula is C31H21NS. The summed E-state index contributed by atoms with van der Waals surface area (Å²) in [7, 11) is 0. The SMILES string of the molecule is Cc1cccc(-n2c3ccccc3c3ccc(-c4cccc5c4sc4ccccc45)cc32)c1. The zero-order valence-corrected chi connectivity index (χ0v) is 19.1. The van der Waals surface area contributed by atoms with Crippen molar-refractivity contribution in [3.05, 3.63) is 115 Å². The van der Waals surface area contributed by atoms with Crippen molar-refractivity contribution in [3.8, 4) is 16.8 Å². The van der Waals surface area contributed by atoms with Crippen LogP contribution in [-0.4, -0.2) is 4.57 Å². The molecule has 2 heterocycles. The molecule has 0 bridgehead atoms. The fourth-order valence-corrected chi connectivity index (χ4v) is 6.40. The average molecular weight is 440 g/mol. The first-order chi connectivity index (χ1) is 16.3. The Morgan fingerprint density at radius 1 is 0.576 bits per heavy atom. The summed E-state index contributed by atoms with van der Waals surface area (Å²) in [5.74, 6) is 0. The maximum atomic E-state index is 2.41. The number of fused-ring (bicyclic) bond motifs is 6. The Kier molecular flexibility index (Phi) is 3.99. The van der Waals surface area contributed by atoms with Gasteiger partial charge in [-0.1, -0.05) is 78.9 Å². The minimum Gasteiger partial charge on any atom is -0.309 e. The molecule has 156 valence electrons. The molecule has 0 saturated carbocycles. The van der Waals surface area contributed by atoms with Gasteiger partial charge in [0, 0.05) is 36.6 Å². The van der Waals surface area contributed by atoms with Crippen molar-refractivity contribution < 1.29 is 0 Å². The highest BCUT2D eigenvalue weighted by Gasteiger charge is 2.15. The maximum Gasteiger partial charge on any atom is 0.0547 e. The standard InChI is InChI=1S/C31H21NS/c1-20-8-6-9-22(18-20)32-28-14-4-2-10-24(28)25-17-16-21(19-29(25)32)23-12-7-13-27-26-11-3-5-15-30(26)33-31(23)27/h2-19H,1H3. The largest absolute Gasteiger partial charge is 0.309 e. The number of rotatable bonds is 2. The Labute approximate surface area is 196 Å². The number of hydrogen-bond donors (Lipinski definition) is 0. The van der Waals surface area contributed by atoms with Crippen LogP contribution in [0.3, 0.4) is 0 Å². The van der Waals surface area contributed by atoms with Crippen LogP contribution >= 0.6 is 11.3 Å². The molecule has 0 spiro atoms. The highest BCUT2D eigenvalue weighted by atomic mass is 32.1. The van der Waals surface area contributed by atoms with E-state index >= 15 is 0 Å². The topological polar surface area (TPSA) is 4.93 Å². The van der Waals surface area contributed by atoms with Crippen LogP contribution < -0.4 is 0 Å². The van der Waals surface area contributed by atoms with Gasteiger partial charge in [-0.15, -0.1) is 11.3 Å². The molecule has 2 heteroatoms. The molecule has 0 aliphatic rings. The van der Waals surface area contributed by atoms with E-state index < -0.39 is 0 Å². The van der Waals surface area contributed by atoms with E-state index in [1.165, 1.54) is 64.4 Å². The molecule has 0 aliphatic heterocycles. The Morgan fingerprint density at radius 2 is 1.33 bits per heavy atom. The summed E-state index contributed by atoms with van der Waals surface area (Å²) in [5, 5.41) is 5.27. The van der Waals surface area contributed by atoms with Crippen LogP contribution in [0.2, 0.25) is 0 Å². The summed E-state index contributed by atoms with van der Waals surface area (Å²) in [6, 6.07) is 39.9. The van der Waals surface area contributed by atoms with Crippen LogP contribution in [0.15, 0.2) is 109 Å². The summed E-state index contributed by atoms with van der Waals surface area (Å²) < 4.78 is 5.11. The molecule has 7 aromatic rings. The summed E-state index contributed by atoms with van der Waals surface area (Å²) in [6.45, 7) is 2.16. The van der Waals surface area contributed by atoms with Gasteiger partial charge in [0.15, 0.2) is 0 Å². The molecule has 5 aromatic carbocycles. The first-order valence-corrected chi connectivity index (χ1v) is 12.1. The van der Waals surface area contributed by atoms with Crippen LogP contribution in [0, 0.1) is 6.92 Å². The molecule has 0 fully saturated rings. The molecule has 0 radical (unpaired) electrons. The van der Waals surface area contributed by atoms with E-state index in [-0.39, 0.29) is 0 Å².